The van der Waals surface area contributed by atoms with Crippen LogP contribution in [0.25, 0.3) is 32.7 Å². The molecule has 210 valence electrons. The Bertz CT molecular complexity index is 1770. The molecule has 0 unspecified atom stereocenters. The van der Waals surface area contributed by atoms with Gasteiger partial charge >= 0.3 is 0 Å². The van der Waals surface area contributed by atoms with Crippen LogP contribution >= 0.6 is 0 Å². The van der Waals surface area contributed by atoms with Crippen LogP contribution < -0.4 is 10.5 Å². The van der Waals surface area contributed by atoms with Crippen molar-refractivity contribution in [2.24, 2.45) is 0 Å². The first-order valence-corrected chi connectivity index (χ1v) is 13.0. The van der Waals surface area contributed by atoms with E-state index in [1.54, 1.807) is 79.1 Å². The van der Waals surface area contributed by atoms with Crippen molar-refractivity contribution in [1.29, 1.82) is 5.26 Å². The number of benzene rings is 3. The van der Waals surface area contributed by atoms with Crippen LogP contribution in [0, 0.1) is 11.3 Å². The normalized spacial score (nSPS) is 9.44. The molecule has 0 aliphatic heterocycles. The zero-order chi connectivity index (χ0) is 30.4. The molecule has 9 nitrogen and oxygen atoms in total. The lowest BCUT2D eigenvalue weighted by Gasteiger charge is -2.00. The van der Waals surface area contributed by atoms with Gasteiger partial charge in [0.15, 0.2) is 0 Å². The second-order valence-electron chi connectivity index (χ2n) is 7.91. The van der Waals surface area contributed by atoms with Crippen molar-refractivity contribution in [2.45, 2.75) is 27.7 Å². The molecule has 6 N–H and O–H groups in total. The number of phenolic OH excluding ortho intramolecular Hbond substituents is 3. The first-order chi connectivity index (χ1) is 19.8. The van der Waals surface area contributed by atoms with Gasteiger partial charge in [-0.25, -0.2) is 0 Å². The van der Waals surface area contributed by atoms with Gasteiger partial charge in [0.05, 0.1) is 22.0 Å². The molecule has 3 aromatic carbocycles. The minimum Gasteiger partial charge on any atom is -0.508 e. The van der Waals surface area contributed by atoms with Crippen molar-refractivity contribution >= 4 is 38.4 Å². The van der Waals surface area contributed by atoms with E-state index in [0.29, 0.717) is 16.8 Å². The zero-order valence-electron chi connectivity index (χ0n) is 23.4. The molecule has 0 aliphatic rings. The van der Waals surface area contributed by atoms with Gasteiger partial charge in [-0.3, -0.25) is 15.2 Å². The Morgan fingerprint density at radius 3 is 2.02 bits per heavy atom. The largest absolute Gasteiger partial charge is 0.508 e. The number of aromatic hydroxyl groups is 3. The van der Waals surface area contributed by atoms with Crippen LogP contribution in [-0.4, -0.2) is 30.5 Å². The molecule has 0 aliphatic carbocycles. The van der Waals surface area contributed by atoms with Gasteiger partial charge < -0.3 is 21.1 Å². The van der Waals surface area contributed by atoms with Gasteiger partial charge in [-0.1, -0.05) is 27.7 Å². The van der Waals surface area contributed by atoms with Crippen molar-refractivity contribution < 1.29 is 25.3 Å². The van der Waals surface area contributed by atoms with Gasteiger partial charge in [0.25, 0.3) is 5.52 Å². The summed E-state index contributed by atoms with van der Waals surface area (Å²) in [6, 6.07) is 23.5. The second-order valence-corrected chi connectivity index (χ2v) is 7.91. The van der Waals surface area contributed by atoms with Gasteiger partial charge in [0.1, 0.15) is 23.3 Å². The average Bonchev–Trinajstić information content (AvgIpc) is 3.00. The van der Waals surface area contributed by atoms with E-state index >= 15 is 0 Å². The third kappa shape index (κ3) is 8.70. The predicted molar refractivity (Wildman–Crippen MR) is 162 cm³/mol. The minimum atomic E-state index is 0.185. The number of hydrogen-bond donors (Lipinski definition) is 5. The zero-order valence-corrected chi connectivity index (χ0v) is 23.4. The SMILES string of the molecule is CC.CC.N#Cc1cnc2ccc(O)cc2c1.Nc1ccnc2ccc(O)cc12.Oc1ccc2c(ccc[n+]2O)c1. The number of nitriles is 1. The van der Waals surface area contributed by atoms with Crippen LogP contribution in [0.3, 0.4) is 0 Å². The molecule has 3 heterocycles. The number of pyridine rings is 3. The van der Waals surface area contributed by atoms with E-state index in [9.17, 15) is 15.4 Å². The molecule has 0 saturated carbocycles. The van der Waals surface area contributed by atoms with Crippen LogP contribution in [0.4, 0.5) is 5.69 Å². The molecular formula is C32H34N5O4+. The highest BCUT2D eigenvalue weighted by atomic mass is 16.5. The maximum Gasteiger partial charge on any atom is 0.264 e. The molecule has 9 heteroatoms. The Morgan fingerprint density at radius 2 is 1.34 bits per heavy atom. The number of fused-ring (bicyclic) bond motifs is 3. The van der Waals surface area contributed by atoms with Crippen molar-refractivity contribution in [3.05, 3.63) is 103 Å². The summed E-state index contributed by atoms with van der Waals surface area (Å²) in [6.07, 6.45) is 4.70. The van der Waals surface area contributed by atoms with E-state index in [4.69, 9.17) is 16.1 Å². The minimum absolute atomic E-state index is 0.185. The first-order valence-electron chi connectivity index (χ1n) is 13.0. The second kappa shape index (κ2) is 15.7. The summed E-state index contributed by atoms with van der Waals surface area (Å²) in [4.78, 5) is 8.15. The summed E-state index contributed by atoms with van der Waals surface area (Å²) >= 11 is 0. The van der Waals surface area contributed by atoms with Gasteiger partial charge in [-0.05, 0) is 66.7 Å². The van der Waals surface area contributed by atoms with E-state index in [1.165, 1.54) is 12.3 Å². The van der Waals surface area contributed by atoms with Crippen molar-refractivity contribution in [2.75, 3.05) is 5.73 Å². The molecule has 0 bridgehead atoms. The summed E-state index contributed by atoms with van der Waals surface area (Å²) in [7, 11) is 0. The number of rotatable bonds is 0. The molecular weight excluding hydrogens is 518 g/mol. The maximum absolute atomic E-state index is 9.30. The number of aromatic nitrogens is 3. The summed E-state index contributed by atoms with van der Waals surface area (Å²) < 4.78 is 1.02. The van der Waals surface area contributed by atoms with Gasteiger partial charge in [0, 0.05) is 45.7 Å². The smallest absolute Gasteiger partial charge is 0.264 e. The third-order valence-electron chi connectivity index (χ3n) is 5.31. The molecule has 0 radical (unpaired) electrons. The molecule has 0 saturated heterocycles. The molecule has 6 aromatic rings. The highest BCUT2D eigenvalue weighted by molar-refractivity contribution is 5.90. The fraction of sp³-hybridized carbons (Fsp3) is 0.125. The predicted octanol–water partition coefficient (Wildman–Crippen LogP) is 6.46. The lowest BCUT2D eigenvalue weighted by Crippen LogP contribution is -2.29. The van der Waals surface area contributed by atoms with E-state index in [1.807, 2.05) is 39.8 Å². The van der Waals surface area contributed by atoms with Crippen LogP contribution in [0.15, 0.2) is 97.5 Å². The fourth-order valence-electron chi connectivity index (χ4n) is 3.53. The summed E-state index contributed by atoms with van der Waals surface area (Å²) in [5.41, 5.74) is 9.06. The van der Waals surface area contributed by atoms with Gasteiger partial charge in [-0.2, -0.15) is 5.26 Å². The average molecular weight is 553 g/mol. The molecule has 0 fully saturated rings. The van der Waals surface area contributed by atoms with Crippen LogP contribution in [0.5, 0.6) is 17.2 Å². The number of anilines is 1. The molecule has 41 heavy (non-hydrogen) atoms. The lowest BCUT2D eigenvalue weighted by molar-refractivity contribution is -0.884. The molecule has 0 spiro atoms. The van der Waals surface area contributed by atoms with Crippen LogP contribution in [0.2, 0.25) is 0 Å². The summed E-state index contributed by atoms with van der Waals surface area (Å²) in [5, 5.41) is 47.8. The van der Waals surface area contributed by atoms with E-state index < -0.39 is 0 Å². The Labute approximate surface area is 238 Å². The number of nitrogens with zero attached hydrogens (tertiary/aromatic N) is 4. The topological polar surface area (TPSA) is 160 Å². The lowest BCUT2D eigenvalue weighted by atomic mass is 10.2. The van der Waals surface area contributed by atoms with Crippen molar-refractivity contribution in [3.8, 4) is 23.3 Å². The molecule has 3 aromatic heterocycles. The first kappa shape index (κ1) is 31.6. The number of hydrogen-bond acceptors (Lipinski definition) is 8. The quantitative estimate of drug-likeness (QED) is 0.106. The van der Waals surface area contributed by atoms with Gasteiger partial charge in [-0.15, -0.1) is 0 Å². The van der Waals surface area contributed by atoms with Crippen molar-refractivity contribution in [1.82, 2.24) is 9.97 Å². The van der Waals surface area contributed by atoms with E-state index in [2.05, 4.69) is 9.97 Å². The van der Waals surface area contributed by atoms with Crippen molar-refractivity contribution in [3.63, 3.8) is 0 Å². The maximum atomic E-state index is 9.30. The molecule has 0 amide bonds. The summed E-state index contributed by atoms with van der Waals surface area (Å²) in [5.74, 6) is 0.597. The third-order valence-corrected chi connectivity index (χ3v) is 5.31. The number of nitrogen functional groups attached to an aromatic ring is 1. The summed E-state index contributed by atoms with van der Waals surface area (Å²) in [6.45, 7) is 8.00. The Kier molecular flexibility index (Phi) is 12.1. The number of nitrogens with two attached hydrogens (primary N) is 1. The highest BCUT2D eigenvalue weighted by Gasteiger charge is 2.06. The Hall–Kier alpha value is -5.62. The van der Waals surface area contributed by atoms with Crippen LogP contribution in [0.1, 0.15) is 33.3 Å². The van der Waals surface area contributed by atoms with E-state index in [-0.39, 0.29) is 17.2 Å². The standard InChI is InChI=1S/C10H6N2O.C9H8N2O.C9H7NO2.2C2H6/c11-5-7-3-8-4-9(13)1-2-10(8)12-6-7;10-8-3-4-11-9-2-1-6(12)5-7(8)9;11-8-3-4-9-7(6-8)2-1-5-10(9)12;2*1-2/h1-4,6,13H;1-5,12H,(H2,10,11);1-6H,(H-,11,12);2*1-2H3/p+1. The van der Waals surface area contributed by atoms with E-state index in [0.717, 1.165) is 31.9 Å². The monoisotopic (exact) mass is 552 g/mol. The molecule has 0 atom stereocenters. The van der Waals surface area contributed by atoms with Crippen LogP contribution in [-0.2, 0) is 0 Å². The molecule has 6 rings (SSSR count). The Morgan fingerprint density at radius 1 is 0.732 bits per heavy atom. The Balaban J connectivity index is 0.000000203. The fourth-order valence-corrected chi connectivity index (χ4v) is 3.53. The highest BCUT2D eigenvalue weighted by Crippen LogP contribution is 2.22. The number of phenols is 3. The van der Waals surface area contributed by atoms with Gasteiger partial charge in [0.2, 0.25) is 6.20 Å².